The number of benzene rings is 1. The predicted molar refractivity (Wildman–Crippen MR) is 137 cm³/mol. The number of carbonyl (C=O) groups is 2. The highest BCUT2D eigenvalue weighted by atomic mass is 32.1. The predicted octanol–water partition coefficient (Wildman–Crippen LogP) is 4.15. The number of amides is 2. The molecule has 2 amide bonds. The van der Waals surface area contributed by atoms with Crippen molar-refractivity contribution in [1.82, 2.24) is 14.9 Å². The summed E-state index contributed by atoms with van der Waals surface area (Å²) >= 11 is 1.36. The zero-order valence-corrected chi connectivity index (χ0v) is 20.7. The topological polar surface area (TPSA) is 118 Å². The van der Waals surface area contributed by atoms with E-state index in [2.05, 4.69) is 21.7 Å². The normalized spacial score (nSPS) is 14.6. The highest BCUT2D eigenvalue weighted by Crippen LogP contribution is 2.38. The number of hydrogen-bond acceptors (Lipinski definition) is 7. The fourth-order valence-corrected chi connectivity index (χ4v) is 5.25. The number of anilines is 1. The average molecular weight is 506 g/mol. The number of imidazole rings is 1. The lowest BCUT2D eigenvalue weighted by atomic mass is 9.94. The molecule has 1 unspecified atom stereocenters. The largest absolute Gasteiger partial charge is 0.493 e. The molecule has 0 saturated heterocycles. The van der Waals surface area contributed by atoms with E-state index in [0.717, 1.165) is 16.0 Å². The van der Waals surface area contributed by atoms with Crippen molar-refractivity contribution >= 4 is 34.4 Å². The summed E-state index contributed by atoms with van der Waals surface area (Å²) in [6.07, 6.45) is 9.30. The summed E-state index contributed by atoms with van der Waals surface area (Å²) in [4.78, 5) is 29.7. The molecule has 9 nitrogen and oxygen atoms in total. The van der Waals surface area contributed by atoms with Gasteiger partial charge in [-0.1, -0.05) is 18.2 Å². The number of aromatic nitrogens is 2. The van der Waals surface area contributed by atoms with Crippen LogP contribution in [0.15, 0.2) is 49.1 Å². The van der Waals surface area contributed by atoms with Gasteiger partial charge in [-0.3, -0.25) is 4.79 Å². The number of hydrogen-bond donors (Lipinski definition) is 2. The van der Waals surface area contributed by atoms with Crippen LogP contribution in [0.1, 0.15) is 34.9 Å². The SMILES string of the molecule is CCOc1ccccc1C=CC(=O)Nc1sc2c(c1C#N)CCC(OC(=O)NCCn1ccnc1)C2. The quantitative estimate of drug-likeness (QED) is 0.422. The maximum atomic E-state index is 12.6. The van der Waals surface area contributed by atoms with Crippen LogP contribution >= 0.6 is 11.3 Å². The van der Waals surface area contributed by atoms with Crippen LogP contribution < -0.4 is 15.4 Å². The van der Waals surface area contributed by atoms with Crippen molar-refractivity contribution in [2.45, 2.75) is 38.8 Å². The monoisotopic (exact) mass is 505 g/mol. The van der Waals surface area contributed by atoms with Crippen molar-refractivity contribution in [1.29, 1.82) is 5.26 Å². The molecule has 4 rings (SSSR count). The average Bonchev–Trinajstić information content (AvgIpc) is 3.50. The van der Waals surface area contributed by atoms with Crippen LogP contribution in [-0.2, 0) is 28.9 Å². The number of para-hydroxylation sites is 1. The second kappa shape index (κ2) is 12.0. The summed E-state index contributed by atoms with van der Waals surface area (Å²) in [5.74, 6) is 0.367. The summed E-state index contributed by atoms with van der Waals surface area (Å²) in [6.45, 7) is 3.47. The Bertz CT molecular complexity index is 1280. The first kappa shape index (κ1) is 25.0. The number of carbonyl (C=O) groups excluding carboxylic acids is 2. The van der Waals surface area contributed by atoms with Gasteiger partial charge < -0.3 is 24.7 Å². The highest BCUT2D eigenvalue weighted by molar-refractivity contribution is 7.16. The van der Waals surface area contributed by atoms with Crippen LogP contribution in [0.2, 0.25) is 0 Å². The van der Waals surface area contributed by atoms with Gasteiger partial charge in [0.1, 0.15) is 22.9 Å². The molecule has 0 radical (unpaired) electrons. The van der Waals surface area contributed by atoms with Gasteiger partial charge in [-0.05, 0) is 37.5 Å². The van der Waals surface area contributed by atoms with E-state index in [4.69, 9.17) is 9.47 Å². The van der Waals surface area contributed by atoms with Crippen LogP contribution in [-0.4, -0.2) is 40.8 Å². The van der Waals surface area contributed by atoms with Gasteiger partial charge in [0.05, 0.1) is 18.5 Å². The van der Waals surface area contributed by atoms with Crippen LogP contribution in [0, 0.1) is 11.3 Å². The number of nitriles is 1. The summed E-state index contributed by atoms with van der Waals surface area (Å²) in [6, 6.07) is 9.70. The molecule has 3 aromatic rings. The smallest absolute Gasteiger partial charge is 0.407 e. The van der Waals surface area contributed by atoms with E-state index in [9.17, 15) is 14.9 Å². The minimum atomic E-state index is -0.466. The molecule has 1 atom stereocenters. The zero-order chi connectivity index (χ0) is 25.3. The lowest BCUT2D eigenvalue weighted by molar-refractivity contribution is -0.111. The van der Waals surface area contributed by atoms with Crippen molar-refractivity contribution in [2.24, 2.45) is 0 Å². The number of alkyl carbamates (subject to hydrolysis) is 1. The molecule has 2 heterocycles. The van der Waals surface area contributed by atoms with Crippen LogP contribution in [0.3, 0.4) is 0 Å². The van der Waals surface area contributed by atoms with E-state index < -0.39 is 6.09 Å². The van der Waals surface area contributed by atoms with Crippen molar-refractivity contribution in [2.75, 3.05) is 18.5 Å². The molecule has 1 aliphatic rings. The maximum absolute atomic E-state index is 12.6. The van der Waals surface area contributed by atoms with Gasteiger partial charge in [0, 0.05) is 48.4 Å². The highest BCUT2D eigenvalue weighted by Gasteiger charge is 2.28. The summed E-state index contributed by atoms with van der Waals surface area (Å²) < 4.78 is 13.0. The Labute approximate surface area is 213 Å². The molecule has 1 aromatic carbocycles. The number of fused-ring (bicyclic) bond motifs is 1. The van der Waals surface area contributed by atoms with Gasteiger partial charge in [0.25, 0.3) is 0 Å². The Balaban J connectivity index is 1.34. The molecule has 0 bridgehead atoms. The fraction of sp³-hybridized carbons (Fsp3) is 0.308. The molecule has 0 spiro atoms. The second-order valence-corrected chi connectivity index (χ2v) is 9.22. The number of ether oxygens (including phenoxy) is 2. The number of nitrogens with zero attached hydrogens (tertiary/aromatic N) is 3. The first-order valence-electron chi connectivity index (χ1n) is 11.7. The molecule has 1 aliphatic carbocycles. The van der Waals surface area contributed by atoms with Crippen molar-refractivity contribution in [3.63, 3.8) is 0 Å². The van der Waals surface area contributed by atoms with E-state index >= 15 is 0 Å². The molecule has 36 heavy (non-hydrogen) atoms. The van der Waals surface area contributed by atoms with Gasteiger partial charge >= 0.3 is 6.09 Å². The summed E-state index contributed by atoms with van der Waals surface area (Å²) in [7, 11) is 0. The van der Waals surface area contributed by atoms with E-state index in [0.29, 0.717) is 55.3 Å². The van der Waals surface area contributed by atoms with Crippen LogP contribution in [0.5, 0.6) is 5.75 Å². The molecule has 10 heteroatoms. The first-order valence-corrected chi connectivity index (χ1v) is 12.5. The number of nitrogens with one attached hydrogen (secondary N) is 2. The zero-order valence-electron chi connectivity index (χ0n) is 19.9. The van der Waals surface area contributed by atoms with E-state index in [1.807, 2.05) is 42.0 Å². The second-order valence-electron chi connectivity index (χ2n) is 8.11. The standard InChI is InChI=1S/C26H27N5O4S/c1-2-34-22-6-4-3-5-18(22)7-10-24(32)30-25-21(16-27)20-9-8-19(15-23(20)36-25)35-26(33)29-12-14-31-13-11-28-17-31/h3-7,10-11,13,17,19H,2,8-9,12,14-15H2,1H3,(H,29,33)(H,30,32). The summed E-state index contributed by atoms with van der Waals surface area (Å²) in [5, 5.41) is 15.8. The van der Waals surface area contributed by atoms with Crippen molar-refractivity contribution in [3.8, 4) is 11.8 Å². The molecular weight excluding hydrogens is 478 g/mol. The Kier molecular flexibility index (Phi) is 8.36. The molecule has 2 N–H and O–H groups in total. The molecular formula is C26H27N5O4S. The third-order valence-electron chi connectivity index (χ3n) is 5.67. The van der Waals surface area contributed by atoms with Crippen molar-refractivity contribution < 1.29 is 19.1 Å². The van der Waals surface area contributed by atoms with Gasteiger partial charge in [0.2, 0.25) is 5.91 Å². The Morgan fingerprint density at radius 2 is 2.22 bits per heavy atom. The maximum Gasteiger partial charge on any atom is 0.407 e. The Morgan fingerprint density at radius 3 is 3.00 bits per heavy atom. The van der Waals surface area contributed by atoms with Crippen molar-refractivity contribution in [3.05, 3.63) is 70.6 Å². The van der Waals surface area contributed by atoms with Crippen LogP contribution in [0.25, 0.3) is 6.08 Å². The van der Waals surface area contributed by atoms with E-state index in [-0.39, 0.29) is 12.0 Å². The molecule has 0 aliphatic heterocycles. The number of rotatable bonds is 9. The lowest BCUT2D eigenvalue weighted by Gasteiger charge is -2.22. The van der Waals surface area contributed by atoms with Gasteiger partial charge in [-0.15, -0.1) is 11.3 Å². The van der Waals surface area contributed by atoms with Gasteiger partial charge in [-0.25, -0.2) is 9.78 Å². The molecule has 186 valence electrons. The molecule has 0 fully saturated rings. The Hall–Kier alpha value is -4.10. The van der Waals surface area contributed by atoms with Gasteiger partial charge in [-0.2, -0.15) is 5.26 Å². The van der Waals surface area contributed by atoms with Crippen LogP contribution in [0.4, 0.5) is 9.80 Å². The van der Waals surface area contributed by atoms with Gasteiger partial charge in [0.15, 0.2) is 0 Å². The molecule has 0 saturated carbocycles. The Morgan fingerprint density at radius 1 is 1.36 bits per heavy atom. The third kappa shape index (κ3) is 6.31. The molecule has 2 aromatic heterocycles. The third-order valence-corrected chi connectivity index (χ3v) is 6.84. The minimum Gasteiger partial charge on any atom is -0.493 e. The summed E-state index contributed by atoms with van der Waals surface area (Å²) in [5.41, 5.74) is 2.20. The lowest BCUT2D eigenvalue weighted by Crippen LogP contribution is -2.33. The number of thiophene rings is 1. The fourth-order valence-electron chi connectivity index (χ4n) is 3.99. The first-order chi connectivity index (χ1) is 17.6. The van der Waals surface area contributed by atoms with E-state index in [1.165, 1.54) is 17.4 Å². The minimum absolute atomic E-state index is 0.283. The van der Waals surface area contributed by atoms with E-state index in [1.54, 1.807) is 18.6 Å².